The van der Waals surface area contributed by atoms with Gasteiger partial charge >= 0.3 is 0 Å². The number of hydrogen-bond acceptors (Lipinski definition) is 4. The van der Waals surface area contributed by atoms with Gasteiger partial charge in [0.2, 0.25) is 0 Å². The normalized spacial score (nSPS) is 9.95. The molecule has 0 aromatic carbocycles. The van der Waals surface area contributed by atoms with Crippen molar-refractivity contribution >= 4 is 28.8 Å². The number of nitrogens with two attached hydrogens (primary N) is 1. The van der Waals surface area contributed by atoms with Crippen molar-refractivity contribution in [1.29, 1.82) is 0 Å². The molecule has 104 valence electrons. The molecule has 0 spiro atoms. The van der Waals surface area contributed by atoms with Crippen molar-refractivity contribution in [2.24, 2.45) is 5.73 Å². The summed E-state index contributed by atoms with van der Waals surface area (Å²) in [7, 11) is 1.71. The zero-order valence-corrected chi connectivity index (χ0v) is 12.4. The number of furan rings is 1. The van der Waals surface area contributed by atoms with Crippen LogP contribution in [0.2, 0.25) is 5.22 Å². The van der Waals surface area contributed by atoms with E-state index in [0.717, 1.165) is 10.4 Å². The largest absolute Gasteiger partial charge is 0.440 e. The quantitative estimate of drug-likeness (QED) is 0.887. The predicted molar refractivity (Wildman–Crippen MR) is 79.8 cm³/mol. The number of carbonyl (C=O) groups excluding carboxylic acids is 1. The molecule has 20 heavy (non-hydrogen) atoms. The maximum atomic E-state index is 12.1. The molecule has 0 aliphatic heterocycles. The summed E-state index contributed by atoms with van der Waals surface area (Å²) < 4.78 is 5.10. The summed E-state index contributed by atoms with van der Waals surface area (Å²) in [6, 6.07) is 5.06. The van der Waals surface area contributed by atoms with E-state index in [-0.39, 0.29) is 16.9 Å². The van der Waals surface area contributed by atoms with Crippen LogP contribution in [0.4, 0.5) is 0 Å². The third-order valence-electron chi connectivity index (χ3n) is 2.52. The molecule has 0 fully saturated rings. The molecule has 2 N–H and O–H groups in total. The maximum Gasteiger partial charge on any atom is 0.289 e. The van der Waals surface area contributed by atoms with E-state index < -0.39 is 0 Å². The maximum absolute atomic E-state index is 12.1. The first-order valence-corrected chi connectivity index (χ1v) is 7.13. The fourth-order valence-electron chi connectivity index (χ4n) is 1.63. The summed E-state index contributed by atoms with van der Waals surface area (Å²) in [5.74, 6) is 5.79. The molecule has 0 atom stereocenters. The van der Waals surface area contributed by atoms with Crippen LogP contribution in [0.15, 0.2) is 28.0 Å². The molecule has 0 saturated heterocycles. The Morgan fingerprint density at radius 2 is 2.35 bits per heavy atom. The predicted octanol–water partition coefficient (Wildman–Crippen LogP) is 2.58. The van der Waals surface area contributed by atoms with Crippen LogP contribution < -0.4 is 5.73 Å². The lowest BCUT2D eigenvalue weighted by molar-refractivity contribution is 0.0753. The van der Waals surface area contributed by atoms with Gasteiger partial charge in [-0.1, -0.05) is 11.8 Å². The Balaban J connectivity index is 2.02. The van der Waals surface area contributed by atoms with Gasteiger partial charge in [-0.2, -0.15) is 0 Å². The third-order valence-corrected chi connectivity index (χ3v) is 3.62. The number of thiophene rings is 1. The number of carbonyl (C=O) groups is 1. The molecule has 2 aromatic rings. The molecular weight excluding hydrogens is 296 g/mol. The summed E-state index contributed by atoms with van der Waals surface area (Å²) >= 11 is 7.19. The van der Waals surface area contributed by atoms with Gasteiger partial charge in [0.05, 0.1) is 11.4 Å². The van der Waals surface area contributed by atoms with Crippen LogP contribution >= 0.6 is 22.9 Å². The molecule has 0 saturated carbocycles. The van der Waals surface area contributed by atoms with E-state index in [2.05, 4.69) is 11.8 Å². The highest BCUT2D eigenvalue weighted by Gasteiger charge is 2.16. The monoisotopic (exact) mass is 308 g/mol. The first kappa shape index (κ1) is 14.7. The van der Waals surface area contributed by atoms with Crippen molar-refractivity contribution in [2.45, 2.75) is 6.54 Å². The zero-order chi connectivity index (χ0) is 14.5. The highest BCUT2D eigenvalue weighted by molar-refractivity contribution is 7.10. The van der Waals surface area contributed by atoms with Crippen LogP contribution in [0.25, 0.3) is 0 Å². The second-order valence-electron chi connectivity index (χ2n) is 4.09. The van der Waals surface area contributed by atoms with E-state index in [4.69, 9.17) is 21.8 Å². The summed E-state index contributed by atoms with van der Waals surface area (Å²) in [4.78, 5) is 14.6. The van der Waals surface area contributed by atoms with Crippen molar-refractivity contribution in [3.05, 3.63) is 45.0 Å². The first-order valence-electron chi connectivity index (χ1n) is 5.87. The molecule has 0 radical (unpaired) electrons. The van der Waals surface area contributed by atoms with Crippen LogP contribution in [0.5, 0.6) is 0 Å². The second kappa shape index (κ2) is 6.62. The molecule has 0 aliphatic rings. The van der Waals surface area contributed by atoms with Crippen LogP contribution in [0.3, 0.4) is 0 Å². The molecule has 6 heteroatoms. The minimum absolute atomic E-state index is 0.205. The molecule has 0 bridgehead atoms. The first-order chi connectivity index (χ1) is 9.60. The van der Waals surface area contributed by atoms with Gasteiger partial charge in [0.15, 0.2) is 11.0 Å². The lowest BCUT2D eigenvalue weighted by Gasteiger charge is -2.14. The van der Waals surface area contributed by atoms with Crippen molar-refractivity contribution < 1.29 is 9.21 Å². The Morgan fingerprint density at radius 1 is 1.55 bits per heavy atom. The van der Waals surface area contributed by atoms with Gasteiger partial charge in [-0.15, -0.1) is 11.3 Å². The van der Waals surface area contributed by atoms with Gasteiger partial charge in [-0.05, 0) is 40.7 Å². The van der Waals surface area contributed by atoms with Gasteiger partial charge < -0.3 is 15.1 Å². The van der Waals surface area contributed by atoms with Crippen LogP contribution in [-0.2, 0) is 6.54 Å². The summed E-state index contributed by atoms with van der Waals surface area (Å²) in [5, 5.41) is 2.18. The van der Waals surface area contributed by atoms with Crippen molar-refractivity contribution in [3.63, 3.8) is 0 Å². The Kier molecular flexibility index (Phi) is 4.85. The van der Waals surface area contributed by atoms with Gasteiger partial charge in [0.1, 0.15) is 0 Å². The Morgan fingerprint density at radius 3 is 3.00 bits per heavy atom. The van der Waals surface area contributed by atoms with Crippen LogP contribution in [-0.4, -0.2) is 24.4 Å². The van der Waals surface area contributed by atoms with Gasteiger partial charge in [0, 0.05) is 13.6 Å². The van der Waals surface area contributed by atoms with Crippen molar-refractivity contribution in [3.8, 4) is 11.8 Å². The minimum atomic E-state index is -0.210. The van der Waals surface area contributed by atoms with E-state index >= 15 is 0 Å². The van der Waals surface area contributed by atoms with E-state index in [1.807, 2.05) is 11.4 Å². The number of amides is 1. The SMILES string of the molecule is CN(Cc1csc(C#CCN)c1)C(=O)c1ccc(Cl)o1. The Bertz CT molecular complexity index is 666. The molecule has 0 aliphatic carbocycles. The summed E-state index contributed by atoms with van der Waals surface area (Å²) in [6.07, 6.45) is 0. The highest BCUT2D eigenvalue weighted by atomic mass is 35.5. The van der Waals surface area contributed by atoms with E-state index in [9.17, 15) is 4.79 Å². The lowest BCUT2D eigenvalue weighted by Crippen LogP contribution is -2.25. The zero-order valence-electron chi connectivity index (χ0n) is 10.9. The molecule has 0 unspecified atom stereocenters. The van der Waals surface area contributed by atoms with E-state index in [0.29, 0.717) is 13.1 Å². The number of nitrogens with zero attached hydrogens (tertiary/aromatic N) is 1. The smallest absolute Gasteiger partial charge is 0.289 e. The van der Waals surface area contributed by atoms with Crippen molar-refractivity contribution in [1.82, 2.24) is 4.90 Å². The summed E-state index contributed by atoms with van der Waals surface area (Å²) in [6.45, 7) is 0.822. The topological polar surface area (TPSA) is 59.5 Å². The van der Waals surface area contributed by atoms with Gasteiger partial charge in [-0.3, -0.25) is 4.79 Å². The minimum Gasteiger partial charge on any atom is -0.440 e. The van der Waals surface area contributed by atoms with Gasteiger partial charge in [-0.25, -0.2) is 0 Å². The molecular formula is C14H13ClN2O2S. The molecule has 2 aromatic heterocycles. The standard InChI is InChI=1S/C14H13ClN2O2S/c1-17(14(18)12-4-5-13(15)19-12)8-10-7-11(20-9-10)3-2-6-16/h4-5,7,9H,6,8,16H2,1H3. The van der Waals surface area contributed by atoms with Gasteiger partial charge in [0.25, 0.3) is 5.91 Å². The second-order valence-corrected chi connectivity index (χ2v) is 5.37. The Labute approximate surface area is 126 Å². The van der Waals surface area contributed by atoms with E-state index in [1.54, 1.807) is 24.1 Å². The molecule has 2 rings (SSSR count). The number of halogens is 1. The average Bonchev–Trinajstić information content (AvgIpc) is 3.04. The van der Waals surface area contributed by atoms with Crippen molar-refractivity contribution in [2.75, 3.05) is 13.6 Å². The highest BCUT2D eigenvalue weighted by Crippen LogP contribution is 2.18. The van der Waals surface area contributed by atoms with Crippen LogP contribution in [0.1, 0.15) is 21.0 Å². The summed E-state index contributed by atoms with van der Waals surface area (Å²) in [5.41, 5.74) is 6.35. The van der Waals surface area contributed by atoms with Crippen LogP contribution in [0, 0.1) is 11.8 Å². The third kappa shape index (κ3) is 3.64. The molecule has 2 heterocycles. The fourth-order valence-corrected chi connectivity index (χ4v) is 2.54. The van der Waals surface area contributed by atoms with E-state index in [1.165, 1.54) is 11.3 Å². The molecule has 1 amide bonds. The number of hydrogen-bond donors (Lipinski definition) is 1. The average molecular weight is 309 g/mol. The fraction of sp³-hybridized carbons (Fsp3) is 0.214. The number of rotatable bonds is 3. The Hall–Kier alpha value is -1.74. The lowest BCUT2D eigenvalue weighted by atomic mass is 10.3. The molecule has 4 nitrogen and oxygen atoms in total.